The van der Waals surface area contributed by atoms with Crippen LogP contribution in [0.15, 0.2) is 12.2 Å². The number of aldehydes is 2. The van der Waals surface area contributed by atoms with Crippen molar-refractivity contribution < 1.29 is 33.3 Å². The van der Waals surface area contributed by atoms with Crippen molar-refractivity contribution in [3.63, 3.8) is 0 Å². The molecule has 1 saturated heterocycles. The zero-order chi connectivity index (χ0) is 23.6. The normalized spacial score (nSPS) is 12.5. The van der Waals surface area contributed by atoms with Crippen LogP contribution in [0, 0.1) is 0 Å². The minimum Gasteiger partial charge on any atom is -0.379 e. The predicted octanol–water partition coefficient (Wildman–Crippen LogP) is 1.20. The van der Waals surface area contributed by atoms with Crippen molar-refractivity contribution >= 4 is 18.5 Å². The summed E-state index contributed by atoms with van der Waals surface area (Å²) in [6, 6.07) is 0. The first-order valence-electron chi connectivity index (χ1n) is 10.9. The zero-order valence-electron chi connectivity index (χ0n) is 19.8. The summed E-state index contributed by atoms with van der Waals surface area (Å²) in [5.74, 6) is 0.193. The van der Waals surface area contributed by atoms with Crippen LogP contribution in [0.5, 0.6) is 0 Å². The molecule has 0 radical (unpaired) electrons. The van der Waals surface area contributed by atoms with Gasteiger partial charge in [0.25, 0.3) is 0 Å². The summed E-state index contributed by atoms with van der Waals surface area (Å²) >= 11 is 0. The van der Waals surface area contributed by atoms with Gasteiger partial charge in [0.1, 0.15) is 12.6 Å². The lowest BCUT2D eigenvalue weighted by Gasteiger charge is -2.30. The molecule has 1 aliphatic rings. The highest BCUT2D eigenvalue weighted by atomic mass is 16.6. The van der Waals surface area contributed by atoms with Crippen molar-refractivity contribution in [2.24, 2.45) is 0 Å². The molecule has 1 fully saturated rings. The standard InChI is InChI=1S/C16H32N2O5.C4H4O2.C2H6/c1-17(2)7-9-21-11-13-23-15-14-22-12-10-20-8-4-16(19)18-5-3-6-18;5-3-1-2-4-6;1-2/h3-15H2,1-2H3;1-4H;1-2H3/b;2-1-;. The third kappa shape index (κ3) is 24.5. The Hall–Kier alpha value is -1.65. The fourth-order valence-corrected chi connectivity index (χ4v) is 1.98. The van der Waals surface area contributed by atoms with Gasteiger partial charge < -0.3 is 28.7 Å². The number of rotatable bonds is 17. The lowest BCUT2D eigenvalue weighted by atomic mass is 10.2. The van der Waals surface area contributed by atoms with Gasteiger partial charge in [-0.05, 0) is 32.7 Å². The van der Waals surface area contributed by atoms with Gasteiger partial charge in [-0.25, -0.2) is 0 Å². The number of hydrogen-bond acceptors (Lipinski definition) is 8. The molecule has 0 aromatic carbocycles. The van der Waals surface area contributed by atoms with Crippen LogP contribution >= 0.6 is 0 Å². The SMILES string of the molecule is CC.CN(C)CCOCCOCCOCCOCCC(=O)N1CCC1.O=C/C=C\C=O. The minimum absolute atomic E-state index is 0.193. The molecule has 1 heterocycles. The highest BCUT2D eigenvalue weighted by Gasteiger charge is 2.19. The molecule has 1 aliphatic heterocycles. The number of ether oxygens (including phenoxy) is 4. The Kier molecular flexibility index (Phi) is 26.8. The van der Waals surface area contributed by atoms with E-state index in [1.54, 1.807) is 0 Å². The Labute approximate surface area is 187 Å². The first kappa shape index (κ1) is 31.5. The molecule has 0 unspecified atom stereocenters. The smallest absolute Gasteiger partial charge is 0.224 e. The van der Waals surface area contributed by atoms with Crippen LogP contribution in [-0.4, -0.2) is 115 Å². The second kappa shape index (κ2) is 26.4. The molecule has 0 bridgehead atoms. The molecule has 0 N–H and O–H groups in total. The molecule has 0 saturated carbocycles. The van der Waals surface area contributed by atoms with Crippen LogP contribution in [0.3, 0.4) is 0 Å². The molecule has 31 heavy (non-hydrogen) atoms. The van der Waals surface area contributed by atoms with Gasteiger partial charge in [-0.2, -0.15) is 0 Å². The third-order valence-electron chi connectivity index (χ3n) is 3.74. The average Bonchev–Trinajstić information content (AvgIpc) is 2.73. The highest BCUT2D eigenvalue weighted by Crippen LogP contribution is 2.07. The first-order valence-corrected chi connectivity index (χ1v) is 10.9. The van der Waals surface area contributed by atoms with Gasteiger partial charge in [0, 0.05) is 19.6 Å². The largest absolute Gasteiger partial charge is 0.379 e. The van der Waals surface area contributed by atoms with Crippen molar-refractivity contribution in [1.29, 1.82) is 0 Å². The monoisotopic (exact) mass is 446 g/mol. The second-order valence-corrected chi connectivity index (χ2v) is 6.39. The number of carbonyl (C=O) groups is 3. The highest BCUT2D eigenvalue weighted by molar-refractivity contribution is 5.77. The van der Waals surface area contributed by atoms with Crippen molar-refractivity contribution in [2.75, 3.05) is 86.6 Å². The summed E-state index contributed by atoms with van der Waals surface area (Å²) in [5, 5.41) is 0. The van der Waals surface area contributed by atoms with Crippen LogP contribution in [0.1, 0.15) is 26.7 Å². The van der Waals surface area contributed by atoms with E-state index in [4.69, 9.17) is 18.9 Å². The van der Waals surface area contributed by atoms with Gasteiger partial charge >= 0.3 is 0 Å². The van der Waals surface area contributed by atoms with Crippen molar-refractivity contribution in [3.8, 4) is 0 Å². The lowest BCUT2D eigenvalue weighted by Crippen LogP contribution is -2.42. The quantitative estimate of drug-likeness (QED) is 0.187. The maximum atomic E-state index is 11.5. The number of likely N-dealkylation sites (tertiary alicyclic amines) is 1. The summed E-state index contributed by atoms with van der Waals surface area (Å²) in [6.45, 7) is 11.3. The molecular weight excluding hydrogens is 404 g/mol. The first-order chi connectivity index (χ1) is 15.1. The van der Waals surface area contributed by atoms with Gasteiger partial charge in [0.15, 0.2) is 0 Å². The Bertz CT molecular complexity index is 432. The predicted molar refractivity (Wildman–Crippen MR) is 120 cm³/mol. The topological polar surface area (TPSA) is 94.6 Å². The van der Waals surface area contributed by atoms with E-state index in [-0.39, 0.29) is 5.91 Å². The Morgan fingerprint density at radius 1 is 0.774 bits per heavy atom. The average molecular weight is 447 g/mol. The maximum Gasteiger partial charge on any atom is 0.224 e. The fraction of sp³-hybridized carbons (Fsp3) is 0.773. The summed E-state index contributed by atoms with van der Waals surface area (Å²) in [5.41, 5.74) is 0. The third-order valence-corrected chi connectivity index (χ3v) is 3.74. The van der Waals surface area contributed by atoms with E-state index >= 15 is 0 Å². The molecule has 1 amide bonds. The van der Waals surface area contributed by atoms with Gasteiger partial charge in [-0.3, -0.25) is 14.4 Å². The molecule has 0 aliphatic carbocycles. The Balaban J connectivity index is 0. The second-order valence-electron chi connectivity index (χ2n) is 6.39. The number of allylic oxidation sites excluding steroid dienone is 2. The van der Waals surface area contributed by atoms with E-state index in [0.29, 0.717) is 65.2 Å². The number of amides is 1. The number of carbonyl (C=O) groups excluding carboxylic acids is 3. The number of hydrogen-bond donors (Lipinski definition) is 0. The van der Waals surface area contributed by atoms with Crippen molar-refractivity contribution in [2.45, 2.75) is 26.7 Å². The van der Waals surface area contributed by atoms with Gasteiger partial charge in [-0.1, -0.05) is 13.8 Å². The molecule has 0 aromatic rings. The molecule has 0 spiro atoms. The van der Waals surface area contributed by atoms with Gasteiger partial charge in [0.05, 0.1) is 59.3 Å². The van der Waals surface area contributed by atoms with E-state index in [2.05, 4.69) is 4.90 Å². The van der Waals surface area contributed by atoms with Crippen molar-refractivity contribution in [1.82, 2.24) is 9.80 Å². The molecule has 9 nitrogen and oxygen atoms in total. The Morgan fingerprint density at radius 3 is 1.55 bits per heavy atom. The lowest BCUT2D eigenvalue weighted by molar-refractivity contribution is -0.135. The summed E-state index contributed by atoms with van der Waals surface area (Å²) in [7, 11) is 4.04. The number of likely N-dealkylation sites (N-methyl/N-ethyl adjacent to an activating group) is 1. The van der Waals surface area contributed by atoms with E-state index in [1.807, 2.05) is 32.8 Å². The molecule has 0 atom stereocenters. The minimum atomic E-state index is 0.193. The molecule has 0 aromatic heterocycles. The van der Waals surface area contributed by atoms with E-state index in [1.165, 1.54) is 0 Å². The molecule has 1 rings (SSSR count). The molecule has 9 heteroatoms. The maximum absolute atomic E-state index is 11.5. The summed E-state index contributed by atoms with van der Waals surface area (Å²) in [4.78, 5) is 34.1. The Morgan fingerprint density at radius 2 is 1.19 bits per heavy atom. The fourth-order valence-electron chi connectivity index (χ4n) is 1.98. The van der Waals surface area contributed by atoms with Crippen LogP contribution in [0.2, 0.25) is 0 Å². The summed E-state index contributed by atoms with van der Waals surface area (Å²) in [6.07, 6.45) is 4.96. The van der Waals surface area contributed by atoms with E-state index in [9.17, 15) is 14.4 Å². The van der Waals surface area contributed by atoms with Crippen LogP contribution in [0.4, 0.5) is 0 Å². The van der Waals surface area contributed by atoms with Crippen LogP contribution < -0.4 is 0 Å². The van der Waals surface area contributed by atoms with Crippen LogP contribution in [0.25, 0.3) is 0 Å². The van der Waals surface area contributed by atoms with Crippen molar-refractivity contribution in [3.05, 3.63) is 12.2 Å². The summed E-state index contributed by atoms with van der Waals surface area (Å²) < 4.78 is 21.6. The van der Waals surface area contributed by atoms with Crippen LogP contribution in [-0.2, 0) is 33.3 Å². The number of nitrogens with zero attached hydrogens (tertiary/aromatic N) is 2. The zero-order valence-corrected chi connectivity index (χ0v) is 19.8. The van der Waals surface area contributed by atoms with Gasteiger partial charge in [-0.15, -0.1) is 0 Å². The van der Waals surface area contributed by atoms with Gasteiger partial charge in [0.2, 0.25) is 5.91 Å². The van der Waals surface area contributed by atoms with E-state index < -0.39 is 0 Å². The van der Waals surface area contributed by atoms with E-state index in [0.717, 1.165) is 44.8 Å². The molecule has 182 valence electrons. The molecular formula is C22H42N2O7.